The van der Waals surface area contributed by atoms with Crippen LogP contribution in [0.1, 0.15) is 223 Å². The standard InChI is InChI=1S/C16H24O2.C12H14O4.C12H20O2.C11H18O2.C10H16O2.C8H10O4/c1-4-16(18-15(17)10(2)3)13-6-11-5-12(8-13)9-14(16)7-11;1-5(2)11(13)15-9-6-3-7-8(4-6)12(14)16-10(7)9;1-4-12(8-6-5-7-9-12)14-11(13)10(2)3;1-4-11(7-5-6-8-11)13-10(12)9(2)3;1-8(2)9(11)12-10(3)6-4-5-7-10;1-5(2)7(9)12-6-3-4-11-8(6)10/h11-14H,2,4-9H2,1,3H3;6-10H,1,3-4H2,2H3;2,4-9H2,1,3H3;2,4-8H2,1,3H3;1,4-7H2,2-3H3;6H,1,3-4H2,2H3. The Labute approximate surface area is 507 Å². The van der Waals surface area contributed by atoms with Crippen LogP contribution in [0.4, 0.5) is 0 Å². The van der Waals surface area contributed by atoms with Crippen molar-refractivity contribution in [3.8, 4) is 0 Å². The maximum atomic E-state index is 12.0. The summed E-state index contributed by atoms with van der Waals surface area (Å²) in [5.41, 5.74) is 1.98. The zero-order chi connectivity index (χ0) is 63.2. The first-order valence-corrected chi connectivity index (χ1v) is 31.6. The van der Waals surface area contributed by atoms with Gasteiger partial charge >= 0.3 is 47.8 Å². The molecule has 16 nitrogen and oxygen atoms in total. The number of hydrogen-bond donors (Lipinski definition) is 0. The summed E-state index contributed by atoms with van der Waals surface area (Å²) in [7, 11) is 0. The fourth-order valence-electron chi connectivity index (χ4n) is 14.5. The molecule has 85 heavy (non-hydrogen) atoms. The predicted molar refractivity (Wildman–Crippen MR) is 323 cm³/mol. The Balaban J connectivity index is 0.000000188. The van der Waals surface area contributed by atoms with E-state index in [-0.39, 0.29) is 87.8 Å². The Hall–Kier alpha value is -5.80. The minimum absolute atomic E-state index is 0.0646. The summed E-state index contributed by atoms with van der Waals surface area (Å²) in [6.45, 7) is 40.1. The Morgan fingerprint density at radius 2 is 0.894 bits per heavy atom. The SMILES string of the molecule is C=C(C)C(=O)OC1(C)CCCC1.C=C(C)C(=O)OC1(CC)C2CC3CC(C2)CC1C3.C=C(C)C(=O)OC1(CC)CCCC1.C=C(C)C(=O)OC1(CC)CCCCC1.C=C(C)C(=O)OC1C2CC3C(=O)OC1C3C2.C=C(C)C(=O)OC1CCOC1=O. The Morgan fingerprint density at radius 3 is 1.31 bits per heavy atom. The van der Waals surface area contributed by atoms with Gasteiger partial charge in [0.05, 0.1) is 12.5 Å². The maximum Gasteiger partial charge on any atom is 0.347 e. The second-order valence-corrected chi connectivity index (χ2v) is 26.5. The third-order valence-corrected chi connectivity index (χ3v) is 19.4. The van der Waals surface area contributed by atoms with Gasteiger partial charge in [-0.25, -0.2) is 33.6 Å². The Morgan fingerprint density at radius 1 is 0.482 bits per heavy atom. The third kappa shape index (κ3) is 18.4. The molecule has 11 rings (SSSR count). The van der Waals surface area contributed by atoms with Gasteiger partial charge in [0.25, 0.3) is 0 Å². The topological polar surface area (TPSA) is 210 Å². The molecule has 6 bridgehead atoms. The van der Waals surface area contributed by atoms with E-state index in [0.717, 1.165) is 82.5 Å². The van der Waals surface area contributed by atoms with Crippen LogP contribution in [0.5, 0.6) is 0 Å². The average molecular weight is 1190 g/mol. The minimum atomic E-state index is -0.728. The summed E-state index contributed by atoms with van der Waals surface area (Å²) in [5, 5.41) is 0. The second-order valence-electron chi connectivity index (χ2n) is 26.5. The normalized spacial score (nSPS) is 30.0. The fraction of sp³-hybridized carbons (Fsp3) is 0.710. The van der Waals surface area contributed by atoms with Gasteiger partial charge in [-0.2, -0.15) is 0 Å². The summed E-state index contributed by atoms with van der Waals surface area (Å²) in [6, 6.07) is 0. The van der Waals surface area contributed by atoms with Gasteiger partial charge in [0.1, 0.15) is 34.6 Å². The van der Waals surface area contributed by atoms with Crippen LogP contribution in [0, 0.1) is 41.4 Å². The number of fused-ring (bicyclic) bond motifs is 1. The van der Waals surface area contributed by atoms with Crippen molar-refractivity contribution >= 4 is 47.8 Å². The lowest BCUT2D eigenvalue weighted by atomic mass is 9.49. The van der Waals surface area contributed by atoms with E-state index >= 15 is 0 Å². The highest BCUT2D eigenvalue weighted by Crippen LogP contribution is 2.61. The molecule has 0 amide bonds. The van der Waals surface area contributed by atoms with Crippen molar-refractivity contribution in [2.24, 2.45) is 41.4 Å². The molecule has 0 radical (unpaired) electrons. The summed E-state index contributed by atoms with van der Waals surface area (Å²) < 4.78 is 42.4. The summed E-state index contributed by atoms with van der Waals surface area (Å²) in [6.07, 6.45) is 24.8. The zero-order valence-electron chi connectivity index (χ0n) is 53.2. The molecule has 0 aromatic carbocycles. The molecule has 2 heterocycles. The van der Waals surface area contributed by atoms with Gasteiger partial charge in [0, 0.05) is 51.7 Å². The van der Waals surface area contributed by atoms with E-state index in [1.165, 1.54) is 84.0 Å². The Kier molecular flexibility index (Phi) is 25.3. The van der Waals surface area contributed by atoms with Gasteiger partial charge < -0.3 is 37.9 Å². The van der Waals surface area contributed by atoms with E-state index in [9.17, 15) is 38.4 Å². The lowest BCUT2D eigenvalue weighted by molar-refractivity contribution is -0.207. The molecule has 2 aliphatic heterocycles. The van der Waals surface area contributed by atoms with Crippen LogP contribution in [0.25, 0.3) is 0 Å². The summed E-state index contributed by atoms with van der Waals surface area (Å²) >= 11 is 0. The van der Waals surface area contributed by atoms with Gasteiger partial charge in [-0.05, 0) is 213 Å². The van der Waals surface area contributed by atoms with Gasteiger partial charge in [0.15, 0.2) is 0 Å². The highest BCUT2D eigenvalue weighted by atomic mass is 16.6. The highest BCUT2D eigenvalue weighted by Gasteiger charge is 2.63. The summed E-state index contributed by atoms with van der Waals surface area (Å²) in [4.78, 5) is 90.6. The molecular formula is C69H102O16. The lowest BCUT2D eigenvalue weighted by Crippen LogP contribution is -2.59. The molecule has 0 spiro atoms. The molecule has 2 saturated heterocycles. The molecule has 9 saturated carbocycles. The number of carbonyl (C=O) groups is 8. The van der Waals surface area contributed by atoms with E-state index in [1.54, 1.807) is 34.6 Å². The number of ether oxygens (including phenoxy) is 8. The van der Waals surface area contributed by atoms with Crippen molar-refractivity contribution in [2.45, 2.75) is 264 Å². The van der Waals surface area contributed by atoms with Crippen LogP contribution >= 0.6 is 0 Å². The van der Waals surface area contributed by atoms with Crippen LogP contribution < -0.4 is 0 Å². The molecule has 0 aromatic rings. The molecule has 474 valence electrons. The second kappa shape index (κ2) is 30.7. The molecule has 0 aromatic heterocycles. The molecule has 6 atom stereocenters. The van der Waals surface area contributed by atoms with E-state index in [1.807, 2.05) is 6.92 Å². The number of rotatable bonds is 15. The molecule has 9 aliphatic carbocycles. The van der Waals surface area contributed by atoms with E-state index in [0.29, 0.717) is 58.6 Å². The van der Waals surface area contributed by atoms with Crippen molar-refractivity contribution in [1.82, 2.24) is 0 Å². The maximum absolute atomic E-state index is 12.0. The largest absolute Gasteiger partial charge is 0.463 e. The molecule has 11 fully saturated rings. The quantitative estimate of drug-likeness (QED) is 0.0848. The first-order chi connectivity index (χ1) is 40.0. The number of esters is 8. The highest BCUT2D eigenvalue weighted by molar-refractivity contribution is 5.90. The summed E-state index contributed by atoms with van der Waals surface area (Å²) in [5.74, 6) is 1.31. The fourth-order valence-corrected chi connectivity index (χ4v) is 14.5. The molecule has 11 aliphatic rings. The smallest absolute Gasteiger partial charge is 0.347 e. The van der Waals surface area contributed by atoms with Gasteiger partial charge in [-0.1, -0.05) is 66.7 Å². The van der Waals surface area contributed by atoms with Crippen LogP contribution in [0.2, 0.25) is 0 Å². The van der Waals surface area contributed by atoms with Crippen molar-refractivity contribution in [3.63, 3.8) is 0 Å². The third-order valence-electron chi connectivity index (χ3n) is 19.4. The van der Waals surface area contributed by atoms with Crippen molar-refractivity contribution in [2.75, 3.05) is 6.61 Å². The molecule has 0 N–H and O–H groups in total. The number of carbonyl (C=O) groups excluding carboxylic acids is 8. The predicted octanol–water partition coefficient (Wildman–Crippen LogP) is 13.7. The number of cyclic esters (lactones) is 1. The van der Waals surface area contributed by atoms with E-state index in [2.05, 4.69) is 65.0 Å². The molecular weight excluding hydrogens is 1080 g/mol. The first kappa shape index (κ1) is 70.0. The van der Waals surface area contributed by atoms with Crippen LogP contribution in [0.3, 0.4) is 0 Å². The van der Waals surface area contributed by atoms with Gasteiger partial charge in [-0.15, -0.1) is 0 Å². The van der Waals surface area contributed by atoms with Crippen molar-refractivity contribution < 1.29 is 76.3 Å². The monoisotopic (exact) mass is 1190 g/mol. The van der Waals surface area contributed by atoms with Crippen LogP contribution in [0.15, 0.2) is 72.9 Å². The van der Waals surface area contributed by atoms with Crippen LogP contribution in [-0.4, -0.2) is 95.1 Å². The van der Waals surface area contributed by atoms with Crippen molar-refractivity contribution in [1.29, 1.82) is 0 Å². The van der Waals surface area contributed by atoms with Crippen LogP contribution in [-0.2, 0) is 76.3 Å². The number of hydrogen-bond acceptors (Lipinski definition) is 16. The van der Waals surface area contributed by atoms with E-state index < -0.39 is 18.0 Å². The van der Waals surface area contributed by atoms with E-state index in [4.69, 9.17) is 33.2 Å². The molecule has 16 heteroatoms. The average Bonchev–Trinajstić information content (AvgIpc) is 1.98. The lowest BCUT2D eigenvalue weighted by Gasteiger charge is -2.60. The first-order valence-electron chi connectivity index (χ1n) is 31.6. The molecule has 6 unspecified atom stereocenters. The van der Waals surface area contributed by atoms with Gasteiger partial charge in [-0.3, -0.25) is 4.79 Å². The van der Waals surface area contributed by atoms with Gasteiger partial charge in [0.2, 0.25) is 6.10 Å². The Bertz CT molecular complexity index is 2480. The van der Waals surface area contributed by atoms with Crippen molar-refractivity contribution in [3.05, 3.63) is 72.9 Å². The zero-order valence-corrected chi connectivity index (χ0v) is 53.2. The minimum Gasteiger partial charge on any atom is -0.463 e.